The molecule has 162 valence electrons. The number of ether oxygens (including phenoxy) is 2. The van der Waals surface area contributed by atoms with Gasteiger partial charge in [-0.3, -0.25) is 4.79 Å². The Bertz CT molecular complexity index is 1200. The van der Waals surface area contributed by atoms with Crippen LogP contribution in [0.3, 0.4) is 0 Å². The van der Waals surface area contributed by atoms with Gasteiger partial charge in [-0.2, -0.15) is 5.26 Å². The second kappa shape index (κ2) is 11.5. The molecule has 0 bridgehead atoms. The van der Waals surface area contributed by atoms with Gasteiger partial charge >= 0.3 is 0 Å². The first kappa shape index (κ1) is 24.3. The van der Waals surface area contributed by atoms with E-state index in [2.05, 4.69) is 59.8 Å². The second-order valence-electron chi connectivity index (χ2n) is 6.58. The monoisotopic (exact) mass is 666 g/mol. The number of halogens is 3. The van der Waals surface area contributed by atoms with E-state index < -0.39 is 5.91 Å². The third-order valence-electron chi connectivity index (χ3n) is 4.31. The third kappa shape index (κ3) is 6.58. The first-order valence-corrected chi connectivity index (χ1v) is 12.0. The zero-order chi connectivity index (χ0) is 23.1. The Kier molecular flexibility index (Phi) is 8.73. The number of anilines is 1. The summed E-state index contributed by atoms with van der Waals surface area (Å²) in [7, 11) is 1.55. The fraction of sp³-hybridized carbons (Fsp3) is 0.0833. The van der Waals surface area contributed by atoms with Crippen LogP contribution >= 0.6 is 54.5 Å². The average Bonchev–Trinajstić information content (AvgIpc) is 2.77. The molecule has 0 atom stereocenters. The van der Waals surface area contributed by atoms with Gasteiger partial charge in [0.2, 0.25) is 0 Å². The molecular weight excluding hydrogens is 651 g/mol. The molecule has 3 aromatic rings. The minimum Gasteiger partial charge on any atom is -0.493 e. The Labute approximate surface area is 216 Å². The van der Waals surface area contributed by atoms with Gasteiger partial charge in [-0.25, -0.2) is 0 Å². The number of carbonyl (C=O) groups is 1. The van der Waals surface area contributed by atoms with Crippen molar-refractivity contribution in [1.82, 2.24) is 0 Å². The van der Waals surface area contributed by atoms with Gasteiger partial charge in [0.15, 0.2) is 11.5 Å². The summed E-state index contributed by atoms with van der Waals surface area (Å²) in [4.78, 5) is 12.6. The minimum atomic E-state index is -0.491. The largest absolute Gasteiger partial charge is 0.493 e. The summed E-state index contributed by atoms with van der Waals surface area (Å²) in [6.07, 6.45) is 1.52. The van der Waals surface area contributed by atoms with Gasteiger partial charge in [-0.05, 0) is 82.3 Å². The van der Waals surface area contributed by atoms with Gasteiger partial charge < -0.3 is 14.8 Å². The highest BCUT2D eigenvalue weighted by Crippen LogP contribution is 2.35. The lowest BCUT2D eigenvalue weighted by atomic mass is 10.1. The average molecular weight is 668 g/mol. The maximum atomic E-state index is 12.6. The SMILES string of the molecule is COc1cc(/C=C(/C#N)C(=O)Nc2cccc(Br)c2)cc(I)c1OCc1ccc(Br)cc1. The van der Waals surface area contributed by atoms with Crippen molar-refractivity contribution in [2.45, 2.75) is 6.61 Å². The number of benzene rings is 3. The molecule has 0 aromatic heterocycles. The van der Waals surface area contributed by atoms with Gasteiger partial charge in [-0.15, -0.1) is 0 Å². The highest BCUT2D eigenvalue weighted by Gasteiger charge is 2.14. The van der Waals surface area contributed by atoms with E-state index >= 15 is 0 Å². The Hall–Kier alpha value is -2.35. The number of amides is 1. The summed E-state index contributed by atoms with van der Waals surface area (Å²) in [6, 6.07) is 20.6. The molecule has 0 aliphatic heterocycles. The highest BCUT2D eigenvalue weighted by atomic mass is 127. The van der Waals surface area contributed by atoms with Crippen molar-refractivity contribution in [1.29, 1.82) is 5.26 Å². The van der Waals surface area contributed by atoms with Crippen LogP contribution in [0.1, 0.15) is 11.1 Å². The fourth-order valence-corrected chi connectivity index (χ4v) is 4.22. The lowest BCUT2D eigenvalue weighted by Crippen LogP contribution is -2.13. The molecule has 5 nitrogen and oxygen atoms in total. The molecule has 0 fully saturated rings. The van der Waals surface area contributed by atoms with E-state index in [1.165, 1.54) is 6.08 Å². The predicted molar refractivity (Wildman–Crippen MR) is 141 cm³/mol. The van der Waals surface area contributed by atoms with E-state index in [0.29, 0.717) is 29.4 Å². The van der Waals surface area contributed by atoms with Gasteiger partial charge in [0, 0.05) is 14.6 Å². The van der Waals surface area contributed by atoms with Gasteiger partial charge in [-0.1, -0.05) is 50.1 Å². The van der Waals surface area contributed by atoms with Crippen molar-refractivity contribution >= 4 is 72.1 Å². The quantitative estimate of drug-likeness (QED) is 0.168. The summed E-state index contributed by atoms with van der Waals surface area (Å²) in [6.45, 7) is 0.382. The Morgan fingerprint density at radius 3 is 2.53 bits per heavy atom. The first-order valence-electron chi connectivity index (χ1n) is 9.33. The maximum Gasteiger partial charge on any atom is 0.266 e. The van der Waals surface area contributed by atoms with Crippen molar-refractivity contribution in [3.63, 3.8) is 0 Å². The van der Waals surface area contributed by atoms with E-state index in [0.717, 1.165) is 18.1 Å². The summed E-state index contributed by atoms with van der Waals surface area (Å²) in [5, 5.41) is 12.3. The van der Waals surface area contributed by atoms with Crippen molar-refractivity contribution in [2.24, 2.45) is 0 Å². The smallest absolute Gasteiger partial charge is 0.266 e. The van der Waals surface area contributed by atoms with E-state index in [9.17, 15) is 10.1 Å². The summed E-state index contributed by atoms with van der Waals surface area (Å²) >= 11 is 8.93. The number of hydrogen-bond acceptors (Lipinski definition) is 4. The summed E-state index contributed by atoms with van der Waals surface area (Å²) in [5.74, 6) is 0.630. The fourth-order valence-electron chi connectivity index (χ4n) is 2.78. The number of carbonyl (C=O) groups excluding carboxylic acids is 1. The predicted octanol–water partition coefficient (Wildman–Crippen LogP) is 6.95. The normalized spacial score (nSPS) is 10.9. The van der Waals surface area contributed by atoms with Crippen molar-refractivity contribution < 1.29 is 14.3 Å². The number of nitriles is 1. The number of methoxy groups -OCH3 is 1. The molecule has 3 aromatic carbocycles. The molecule has 0 saturated carbocycles. The van der Waals surface area contributed by atoms with E-state index in [-0.39, 0.29) is 5.57 Å². The maximum absolute atomic E-state index is 12.6. The van der Waals surface area contributed by atoms with Crippen LogP contribution in [0.4, 0.5) is 5.69 Å². The van der Waals surface area contributed by atoms with Gasteiger partial charge in [0.25, 0.3) is 5.91 Å². The molecule has 3 rings (SSSR count). The Morgan fingerprint density at radius 2 is 1.88 bits per heavy atom. The number of hydrogen-bond donors (Lipinski definition) is 1. The highest BCUT2D eigenvalue weighted by molar-refractivity contribution is 14.1. The van der Waals surface area contributed by atoms with Crippen LogP contribution in [0.15, 0.2) is 75.2 Å². The van der Waals surface area contributed by atoms with Crippen LogP contribution in [-0.2, 0) is 11.4 Å². The van der Waals surface area contributed by atoms with E-state index in [4.69, 9.17) is 9.47 Å². The summed E-state index contributed by atoms with van der Waals surface area (Å²) < 4.78 is 14.1. The van der Waals surface area contributed by atoms with Crippen molar-refractivity contribution in [3.05, 3.63) is 89.9 Å². The molecule has 8 heteroatoms. The molecule has 32 heavy (non-hydrogen) atoms. The van der Waals surface area contributed by atoms with Crippen LogP contribution in [0.25, 0.3) is 6.08 Å². The molecule has 0 unspecified atom stereocenters. The third-order valence-corrected chi connectivity index (χ3v) is 6.13. The number of nitrogens with one attached hydrogen (secondary N) is 1. The van der Waals surface area contributed by atoms with Gasteiger partial charge in [0.1, 0.15) is 18.2 Å². The lowest BCUT2D eigenvalue weighted by molar-refractivity contribution is -0.112. The van der Waals surface area contributed by atoms with Crippen molar-refractivity contribution in [3.8, 4) is 17.6 Å². The van der Waals surface area contributed by atoms with Crippen LogP contribution in [0.2, 0.25) is 0 Å². The van der Waals surface area contributed by atoms with Crippen LogP contribution in [-0.4, -0.2) is 13.0 Å². The molecule has 0 spiro atoms. The standard InChI is InChI=1S/C24H17Br2IN2O3/c1-31-22-11-16(9-17(13-28)24(30)29-20-4-2-3-19(26)12-20)10-21(27)23(22)32-14-15-5-7-18(25)8-6-15/h2-12H,14H2,1H3,(H,29,30)/b17-9-. The Balaban J connectivity index is 1.81. The molecule has 0 saturated heterocycles. The molecule has 0 heterocycles. The molecule has 0 aliphatic rings. The van der Waals surface area contributed by atoms with E-state index in [1.807, 2.05) is 42.5 Å². The van der Waals surface area contributed by atoms with Crippen LogP contribution in [0.5, 0.6) is 11.5 Å². The molecule has 0 aliphatic carbocycles. The summed E-state index contributed by atoms with van der Waals surface area (Å²) in [5.41, 5.74) is 2.25. The van der Waals surface area contributed by atoms with E-state index in [1.54, 1.807) is 31.4 Å². The topological polar surface area (TPSA) is 71.3 Å². The number of nitrogens with zero attached hydrogens (tertiary/aromatic N) is 1. The minimum absolute atomic E-state index is 0.0219. The van der Waals surface area contributed by atoms with Gasteiger partial charge in [0.05, 0.1) is 10.7 Å². The lowest BCUT2D eigenvalue weighted by Gasteiger charge is -2.14. The molecular formula is C24H17Br2IN2O3. The zero-order valence-electron chi connectivity index (χ0n) is 16.9. The zero-order valence-corrected chi connectivity index (χ0v) is 22.2. The first-order chi connectivity index (χ1) is 15.4. The Morgan fingerprint density at radius 1 is 1.12 bits per heavy atom. The van der Waals surface area contributed by atoms with Crippen LogP contribution in [0, 0.1) is 14.9 Å². The second-order valence-corrected chi connectivity index (χ2v) is 9.58. The molecule has 0 radical (unpaired) electrons. The van der Waals surface area contributed by atoms with Crippen molar-refractivity contribution in [2.75, 3.05) is 12.4 Å². The molecule has 1 N–H and O–H groups in total. The molecule has 1 amide bonds. The van der Waals surface area contributed by atoms with Crippen LogP contribution < -0.4 is 14.8 Å². The number of rotatable bonds is 7.